The van der Waals surface area contributed by atoms with Crippen molar-refractivity contribution in [2.75, 3.05) is 31.1 Å². The third-order valence-corrected chi connectivity index (χ3v) is 4.65. The van der Waals surface area contributed by atoms with Crippen LogP contribution in [-0.4, -0.2) is 68.4 Å². The van der Waals surface area contributed by atoms with E-state index in [1.165, 1.54) is 17.2 Å². The molecule has 11 nitrogen and oxygen atoms in total. The van der Waals surface area contributed by atoms with Crippen LogP contribution in [0.15, 0.2) is 18.7 Å². The minimum absolute atomic E-state index is 0.0210. The van der Waals surface area contributed by atoms with Crippen LogP contribution in [0.5, 0.6) is 0 Å². The molecule has 134 valence electrons. The Kier molecular flexibility index (Phi) is 4.18. The molecule has 1 amide bonds. The lowest BCUT2D eigenvalue weighted by atomic mass is 9.77. The van der Waals surface area contributed by atoms with Gasteiger partial charge < -0.3 is 15.0 Å². The first kappa shape index (κ1) is 16.3. The van der Waals surface area contributed by atoms with Crippen LogP contribution in [0.25, 0.3) is 0 Å². The predicted molar refractivity (Wildman–Crippen MR) is 86.6 cm³/mol. The van der Waals surface area contributed by atoms with Crippen molar-refractivity contribution in [3.63, 3.8) is 0 Å². The maximum absolute atomic E-state index is 11.9. The second-order valence-corrected chi connectivity index (χ2v) is 6.65. The van der Waals surface area contributed by atoms with Gasteiger partial charge in [0.1, 0.15) is 18.9 Å². The highest BCUT2D eigenvalue weighted by molar-refractivity contribution is 5.75. The molecule has 1 spiro atoms. The highest BCUT2D eigenvalue weighted by atomic mass is 16.5. The summed E-state index contributed by atoms with van der Waals surface area (Å²) >= 11 is 0. The molecule has 26 heavy (non-hydrogen) atoms. The van der Waals surface area contributed by atoms with Crippen LogP contribution in [0, 0.1) is 16.7 Å². The van der Waals surface area contributed by atoms with E-state index in [2.05, 4.69) is 36.9 Å². The number of carbonyl (C=O) groups excluding carboxylic acids is 1. The normalized spacial score (nSPS) is 20.6. The predicted octanol–water partition coefficient (Wildman–Crippen LogP) is -1.25. The average Bonchev–Trinajstić information content (AvgIpc) is 3.28. The summed E-state index contributed by atoms with van der Waals surface area (Å²) < 4.78 is 7.21. The second-order valence-electron chi connectivity index (χ2n) is 6.65. The Hall–Kier alpha value is -3.13. The number of nitrogens with zero attached hydrogens (tertiary/aromatic N) is 8. The first-order chi connectivity index (χ1) is 12.7. The molecule has 2 saturated heterocycles. The molecule has 0 radical (unpaired) electrons. The van der Waals surface area contributed by atoms with Crippen LogP contribution in [0.4, 0.5) is 5.82 Å². The summed E-state index contributed by atoms with van der Waals surface area (Å²) in [6.07, 6.45) is 5.34. The van der Waals surface area contributed by atoms with Crippen molar-refractivity contribution in [1.29, 1.82) is 5.26 Å². The third-order valence-electron chi connectivity index (χ3n) is 4.65. The number of hydrogen-bond acceptors (Lipinski definition) is 9. The second kappa shape index (κ2) is 6.64. The zero-order chi connectivity index (χ0) is 18.0. The number of nitrogens with one attached hydrogen (secondary N) is 1. The van der Waals surface area contributed by atoms with E-state index in [4.69, 9.17) is 10.00 Å². The first-order valence-corrected chi connectivity index (χ1v) is 8.23. The number of aromatic nitrogens is 6. The summed E-state index contributed by atoms with van der Waals surface area (Å²) in [5.74, 6) is 0.467. The van der Waals surface area contributed by atoms with Gasteiger partial charge in [0.15, 0.2) is 11.5 Å². The van der Waals surface area contributed by atoms with Crippen LogP contribution >= 0.6 is 0 Å². The van der Waals surface area contributed by atoms with Crippen molar-refractivity contribution >= 4 is 11.7 Å². The smallest absolute Gasteiger partial charge is 0.241 e. The summed E-state index contributed by atoms with van der Waals surface area (Å²) in [4.78, 5) is 22.2. The summed E-state index contributed by atoms with van der Waals surface area (Å²) in [7, 11) is 0. The van der Waals surface area contributed by atoms with E-state index in [1.54, 1.807) is 6.20 Å². The van der Waals surface area contributed by atoms with E-state index in [0.29, 0.717) is 24.7 Å². The number of carbonyl (C=O) groups is 1. The molecule has 0 bridgehead atoms. The van der Waals surface area contributed by atoms with Gasteiger partial charge in [-0.2, -0.15) is 5.26 Å². The standard InChI is InChI=1S/C15H17N9O2/c16-4-12-14(18-2-1-17-12)23-7-15(8-23)3-11(26-9-15)5-19-13(25)6-24-10-20-21-22-24/h1-2,10-11H,3,5-9H2,(H,19,25). The molecule has 1 N–H and O–H groups in total. The van der Waals surface area contributed by atoms with Crippen LogP contribution in [0.3, 0.4) is 0 Å². The summed E-state index contributed by atoms with van der Waals surface area (Å²) in [5.41, 5.74) is 0.392. The van der Waals surface area contributed by atoms with Crippen molar-refractivity contribution in [3.8, 4) is 6.07 Å². The SMILES string of the molecule is N#Cc1nccnc1N1CC2(COC(CNC(=O)Cn3cnnn3)C2)C1. The van der Waals surface area contributed by atoms with Crippen molar-refractivity contribution in [2.45, 2.75) is 19.1 Å². The average molecular weight is 355 g/mol. The molecular formula is C15H17N9O2. The van der Waals surface area contributed by atoms with Gasteiger partial charge in [0.25, 0.3) is 0 Å². The van der Waals surface area contributed by atoms with E-state index in [-0.39, 0.29) is 24.0 Å². The summed E-state index contributed by atoms with van der Waals surface area (Å²) in [6.45, 7) is 2.73. The maximum Gasteiger partial charge on any atom is 0.241 e. The maximum atomic E-state index is 11.9. The molecule has 0 aliphatic carbocycles. The third kappa shape index (κ3) is 3.18. The Bertz CT molecular complexity index is 826. The van der Waals surface area contributed by atoms with Crippen molar-refractivity contribution in [2.24, 2.45) is 5.41 Å². The monoisotopic (exact) mass is 355 g/mol. The quantitative estimate of drug-likeness (QED) is 0.697. The first-order valence-electron chi connectivity index (χ1n) is 8.23. The molecule has 2 aliphatic rings. The molecule has 2 aromatic heterocycles. The number of amides is 1. The summed E-state index contributed by atoms with van der Waals surface area (Å²) in [6, 6.07) is 2.07. The number of nitriles is 1. The number of tetrazole rings is 1. The Balaban J connectivity index is 1.26. The van der Waals surface area contributed by atoms with E-state index >= 15 is 0 Å². The van der Waals surface area contributed by atoms with Gasteiger partial charge >= 0.3 is 0 Å². The van der Waals surface area contributed by atoms with E-state index in [9.17, 15) is 4.79 Å². The van der Waals surface area contributed by atoms with Crippen LogP contribution in [-0.2, 0) is 16.1 Å². The Morgan fingerprint density at radius 3 is 3.04 bits per heavy atom. The summed E-state index contributed by atoms with van der Waals surface area (Å²) in [5, 5.41) is 22.6. The topological polar surface area (TPSA) is 135 Å². The number of ether oxygens (including phenoxy) is 1. The largest absolute Gasteiger partial charge is 0.376 e. The van der Waals surface area contributed by atoms with Crippen molar-refractivity contribution in [3.05, 3.63) is 24.4 Å². The zero-order valence-corrected chi connectivity index (χ0v) is 13.9. The Morgan fingerprint density at radius 1 is 1.42 bits per heavy atom. The molecule has 4 rings (SSSR count). The van der Waals surface area contributed by atoms with Crippen LogP contribution in [0.1, 0.15) is 12.1 Å². The van der Waals surface area contributed by atoms with Gasteiger partial charge in [-0.3, -0.25) is 4.79 Å². The molecule has 1 atom stereocenters. The molecule has 2 aliphatic heterocycles. The van der Waals surface area contributed by atoms with Gasteiger partial charge in [-0.05, 0) is 16.8 Å². The van der Waals surface area contributed by atoms with E-state index < -0.39 is 0 Å². The van der Waals surface area contributed by atoms with Gasteiger partial charge in [0.2, 0.25) is 5.91 Å². The Labute approximate surface area is 149 Å². The van der Waals surface area contributed by atoms with E-state index in [1.807, 2.05) is 4.90 Å². The number of anilines is 1. The molecule has 2 aromatic rings. The van der Waals surface area contributed by atoms with Crippen molar-refractivity contribution < 1.29 is 9.53 Å². The number of rotatable bonds is 5. The fraction of sp³-hybridized carbons (Fsp3) is 0.533. The minimum Gasteiger partial charge on any atom is -0.376 e. The highest BCUT2D eigenvalue weighted by Gasteiger charge is 2.50. The van der Waals surface area contributed by atoms with Gasteiger partial charge in [-0.25, -0.2) is 14.6 Å². The number of hydrogen-bond donors (Lipinski definition) is 1. The fourth-order valence-electron chi connectivity index (χ4n) is 3.48. The van der Waals surface area contributed by atoms with Gasteiger partial charge in [-0.1, -0.05) is 0 Å². The molecular weight excluding hydrogens is 338 g/mol. The van der Waals surface area contributed by atoms with Crippen molar-refractivity contribution in [1.82, 2.24) is 35.5 Å². The van der Waals surface area contributed by atoms with Gasteiger partial charge in [0.05, 0.1) is 12.7 Å². The lowest BCUT2D eigenvalue weighted by Crippen LogP contribution is -2.57. The van der Waals surface area contributed by atoms with Crippen LogP contribution in [0.2, 0.25) is 0 Å². The zero-order valence-electron chi connectivity index (χ0n) is 13.9. The van der Waals surface area contributed by atoms with Gasteiger partial charge in [-0.15, -0.1) is 5.10 Å². The van der Waals surface area contributed by atoms with E-state index in [0.717, 1.165) is 19.5 Å². The lowest BCUT2D eigenvalue weighted by molar-refractivity contribution is -0.122. The molecule has 1 unspecified atom stereocenters. The van der Waals surface area contributed by atoms with Gasteiger partial charge in [0, 0.05) is 37.4 Å². The molecule has 0 aromatic carbocycles. The minimum atomic E-state index is -0.157. The molecule has 0 saturated carbocycles. The molecule has 2 fully saturated rings. The fourth-order valence-corrected chi connectivity index (χ4v) is 3.48. The lowest BCUT2D eigenvalue weighted by Gasteiger charge is -2.48. The Morgan fingerprint density at radius 2 is 2.27 bits per heavy atom. The molecule has 4 heterocycles. The molecule has 11 heteroatoms. The highest BCUT2D eigenvalue weighted by Crippen LogP contribution is 2.42. The van der Waals surface area contributed by atoms with Crippen LogP contribution < -0.4 is 10.2 Å².